The van der Waals surface area contributed by atoms with E-state index < -0.39 is 0 Å². The van der Waals surface area contributed by atoms with Gasteiger partial charge < -0.3 is 4.98 Å². The number of thioether (sulfide) groups is 1. The number of halogens is 1. The standard InChI is InChI=1S/C11H10BrNS/c12-7-1-2-10-8(5-7)9-6-14-4-3-11(9)13-10/h1-2,5,13H,3-4,6H2. The van der Waals surface area contributed by atoms with Crippen molar-refractivity contribution in [2.24, 2.45) is 0 Å². The second-order valence-corrected chi connectivity index (χ2v) is 5.60. The van der Waals surface area contributed by atoms with Gasteiger partial charge in [0, 0.05) is 26.8 Å². The van der Waals surface area contributed by atoms with Crippen LogP contribution in [0.3, 0.4) is 0 Å². The zero-order valence-corrected chi connectivity index (χ0v) is 10.0. The van der Waals surface area contributed by atoms with E-state index in [2.05, 4.69) is 39.1 Å². The Morgan fingerprint density at radius 3 is 3.21 bits per heavy atom. The molecule has 1 aromatic carbocycles. The summed E-state index contributed by atoms with van der Waals surface area (Å²) in [5.41, 5.74) is 4.23. The maximum atomic E-state index is 3.52. The molecule has 1 N–H and O–H groups in total. The molecule has 0 bridgehead atoms. The van der Waals surface area contributed by atoms with Crippen molar-refractivity contribution in [3.05, 3.63) is 33.9 Å². The molecule has 0 spiro atoms. The number of fused-ring (bicyclic) bond motifs is 3. The van der Waals surface area contributed by atoms with E-state index in [1.807, 2.05) is 11.8 Å². The summed E-state index contributed by atoms with van der Waals surface area (Å²) in [5.74, 6) is 2.41. The van der Waals surface area contributed by atoms with Crippen LogP contribution in [0, 0.1) is 0 Å². The molecule has 0 amide bonds. The summed E-state index contributed by atoms with van der Waals surface area (Å²) in [7, 11) is 0. The van der Waals surface area contributed by atoms with Gasteiger partial charge in [0.25, 0.3) is 0 Å². The Kier molecular flexibility index (Phi) is 2.10. The minimum Gasteiger partial charge on any atom is -0.358 e. The van der Waals surface area contributed by atoms with Crippen LogP contribution in [0.2, 0.25) is 0 Å². The Morgan fingerprint density at radius 2 is 2.29 bits per heavy atom. The molecule has 3 heteroatoms. The van der Waals surface area contributed by atoms with Gasteiger partial charge >= 0.3 is 0 Å². The van der Waals surface area contributed by atoms with E-state index in [4.69, 9.17) is 0 Å². The summed E-state index contributed by atoms with van der Waals surface area (Å²) in [5, 5.41) is 1.39. The van der Waals surface area contributed by atoms with Gasteiger partial charge in [0.2, 0.25) is 0 Å². The lowest BCUT2D eigenvalue weighted by Crippen LogP contribution is -1.99. The largest absolute Gasteiger partial charge is 0.358 e. The number of hydrogen-bond donors (Lipinski definition) is 1. The smallest absolute Gasteiger partial charge is 0.0460 e. The molecule has 1 nitrogen and oxygen atoms in total. The number of aryl methyl sites for hydroxylation is 1. The zero-order chi connectivity index (χ0) is 9.54. The molecule has 0 aliphatic carbocycles. The van der Waals surface area contributed by atoms with Crippen molar-refractivity contribution in [2.45, 2.75) is 12.2 Å². The first-order valence-electron chi connectivity index (χ1n) is 4.71. The number of rotatable bonds is 0. The summed E-state index contributed by atoms with van der Waals surface area (Å²) in [6.45, 7) is 0. The number of hydrogen-bond acceptors (Lipinski definition) is 1. The zero-order valence-electron chi connectivity index (χ0n) is 7.64. The predicted octanol–water partition coefficient (Wildman–Crippen LogP) is 3.72. The third kappa shape index (κ3) is 1.30. The van der Waals surface area contributed by atoms with E-state index in [-0.39, 0.29) is 0 Å². The maximum absolute atomic E-state index is 3.52. The molecule has 0 saturated carbocycles. The van der Waals surface area contributed by atoms with Crippen molar-refractivity contribution < 1.29 is 0 Å². The first-order chi connectivity index (χ1) is 6.84. The number of benzene rings is 1. The highest BCUT2D eigenvalue weighted by atomic mass is 79.9. The highest BCUT2D eigenvalue weighted by Crippen LogP contribution is 2.32. The summed E-state index contributed by atoms with van der Waals surface area (Å²) in [6.07, 6.45) is 1.19. The van der Waals surface area contributed by atoms with E-state index in [1.54, 1.807) is 0 Å². The maximum Gasteiger partial charge on any atom is 0.0460 e. The summed E-state index contributed by atoms with van der Waals surface area (Å²) in [4.78, 5) is 3.51. The average Bonchev–Trinajstić information content (AvgIpc) is 2.56. The monoisotopic (exact) mass is 267 g/mol. The molecule has 0 fully saturated rings. The molecule has 0 radical (unpaired) electrons. The van der Waals surface area contributed by atoms with Crippen molar-refractivity contribution in [3.8, 4) is 0 Å². The van der Waals surface area contributed by atoms with Gasteiger partial charge in [-0.25, -0.2) is 0 Å². The molecular formula is C11H10BrNS. The van der Waals surface area contributed by atoms with E-state index in [1.165, 1.54) is 38.8 Å². The molecule has 1 aliphatic heterocycles. The van der Waals surface area contributed by atoms with Crippen LogP contribution in [0.15, 0.2) is 22.7 Å². The van der Waals surface area contributed by atoms with Crippen LogP contribution in [-0.4, -0.2) is 10.7 Å². The van der Waals surface area contributed by atoms with Gasteiger partial charge in [0.05, 0.1) is 0 Å². The number of aromatic amines is 1. The van der Waals surface area contributed by atoms with Crippen LogP contribution in [0.5, 0.6) is 0 Å². The van der Waals surface area contributed by atoms with Crippen LogP contribution < -0.4 is 0 Å². The molecule has 3 rings (SSSR count). The molecular weight excluding hydrogens is 258 g/mol. The normalized spacial score (nSPS) is 15.8. The predicted molar refractivity (Wildman–Crippen MR) is 65.9 cm³/mol. The van der Waals surface area contributed by atoms with Gasteiger partial charge in [-0.15, -0.1) is 0 Å². The number of aromatic nitrogens is 1. The number of nitrogens with one attached hydrogen (secondary N) is 1. The van der Waals surface area contributed by atoms with Gasteiger partial charge in [0.15, 0.2) is 0 Å². The summed E-state index contributed by atoms with van der Waals surface area (Å²) in [6, 6.07) is 6.47. The third-order valence-corrected chi connectivity index (χ3v) is 4.18. The molecule has 1 aliphatic rings. The molecule has 2 aromatic rings. The fraction of sp³-hybridized carbons (Fsp3) is 0.273. The Balaban J connectivity index is 2.32. The lowest BCUT2D eigenvalue weighted by atomic mass is 10.1. The minimum absolute atomic E-state index is 1.16. The molecule has 2 heterocycles. The Bertz CT molecular complexity index is 489. The van der Waals surface area contributed by atoms with Gasteiger partial charge in [0.1, 0.15) is 0 Å². The molecule has 0 atom stereocenters. The van der Waals surface area contributed by atoms with Gasteiger partial charge in [-0.3, -0.25) is 0 Å². The fourth-order valence-corrected chi connectivity index (χ4v) is 3.39. The molecule has 72 valence electrons. The molecule has 0 unspecified atom stereocenters. The van der Waals surface area contributed by atoms with Crippen molar-refractivity contribution in [2.75, 3.05) is 5.75 Å². The van der Waals surface area contributed by atoms with Crippen molar-refractivity contribution in [1.29, 1.82) is 0 Å². The SMILES string of the molecule is Brc1ccc2[nH]c3c(c2c1)CSCC3. The second kappa shape index (κ2) is 3.31. The van der Waals surface area contributed by atoms with Gasteiger partial charge in [-0.1, -0.05) is 15.9 Å². The van der Waals surface area contributed by atoms with Crippen molar-refractivity contribution in [1.82, 2.24) is 4.98 Å². The van der Waals surface area contributed by atoms with Crippen LogP contribution in [-0.2, 0) is 12.2 Å². The van der Waals surface area contributed by atoms with Crippen LogP contribution in [0.25, 0.3) is 10.9 Å². The fourth-order valence-electron chi connectivity index (χ4n) is 2.00. The van der Waals surface area contributed by atoms with E-state index in [0.29, 0.717) is 0 Å². The van der Waals surface area contributed by atoms with E-state index >= 15 is 0 Å². The van der Waals surface area contributed by atoms with Crippen LogP contribution in [0.4, 0.5) is 0 Å². The minimum atomic E-state index is 1.16. The third-order valence-electron chi connectivity index (χ3n) is 2.70. The number of H-pyrrole nitrogens is 1. The second-order valence-electron chi connectivity index (χ2n) is 3.57. The van der Waals surface area contributed by atoms with E-state index in [0.717, 1.165) is 5.75 Å². The Hall–Kier alpha value is -0.410. The first-order valence-corrected chi connectivity index (χ1v) is 6.66. The highest BCUT2D eigenvalue weighted by Gasteiger charge is 2.15. The van der Waals surface area contributed by atoms with Gasteiger partial charge in [-0.05, 0) is 35.9 Å². The van der Waals surface area contributed by atoms with Gasteiger partial charge in [-0.2, -0.15) is 11.8 Å². The first kappa shape index (κ1) is 8.86. The lowest BCUT2D eigenvalue weighted by Gasteiger charge is -2.10. The quantitative estimate of drug-likeness (QED) is 0.770. The Labute approximate surface area is 95.4 Å². The molecule has 0 saturated heterocycles. The molecule has 14 heavy (non-hydrogen) atoms. The van der Waals surface area contributed by atoms with Crippen LogP contribution >= 0.6 is 27.7 Å². The summed E-state index contributed by atoms with van der Waals surface area (Å²) >= 11 is 5.55. The summed E-state index contributed by atoms with van der Waals surface area (Å²) < 4.78 is 1.17. The highest BCUT2D eigenvalue weighted by molar-refractivity contribution is 9.10. The topological polar surface area (TPSA) is 15.8 Å². The Morgan fingerprint density at radius 1 is 1.36 bits per heavy atom. The van der Waals surface area contributed by atoms with Crippen molar-refractivity contribution in [3.63, 3.8) is 0 Å². The molecule has 1 aromatic heterocycles. The lowest BCUT2D eigenvalue weighted by molar-refractivity contribution is 1.04. The van der Waals surface area contributed by atoms with Crippen molar-refractivity contribution >= 4 is 38.6 Å². The van der Waals surface area contributed by atoms with Crippen LogP contribution in [0.1, 0.15) is 11.3 Å². The average molecular weight is 268 g/mol. The van der Waals surface area contributed by atoms with E-state index in [9.17, 15) is 0 Å².